The largest absolute Gasteiger partial charge is 0.496 e. The zero-order chi connectivity index (χ0) is 19.7. The molecule has 140 valence electrons. The Balaban J connectivity index is 2.10. The molecule has 0 aliphatic heterocycles. The number of hydrogen-bond acceptors (Lipinski definition) is 3. The Labute approximate surface area is 170 Å². The van der Waals surface area contributed by atoms with Gasteiger partial charge in [-0.2, -0.15) is 0 Å². The van der Waals surface area contributed by atoms with Crippen molar-refractivity contribution in [1.29, 1.82) is 0 Å². The van der Waals surface area contributed by atoms with Crippen molar-refractivity contribution in [2.24, 2.45) is 0 Å². The van der Waals surface area contributed by atoms with E-state index in [1.54, 1.807) is 12.0 Å². The summed E-state index contributed by atoms with van der Waals surface area (Å²) in [7, 11) is 5.45. The molecular formula is C24H21NO2S. The summed E-state index contributed by atoms with van der Waals surface area (Å²) < 4.78 is 11.9. The van der Waals surface area contributed by atoms with Crippen molar-refractivity contribution in [2.45, 2.75) is 0 Å². The van der Waals surface area contributed by atoms with Crippen LogP contribution in [0.2, 0.25) is 0 Å². The lowest BCUT2D eigenvalue weighted by Gasteiger charge is -2.20. The molecule has 0 aliphatic carbocycles. The molecule has 0 heterocycles. The first-order valence-electron chi connectivity index (χ1n) is 9.07. The zero-order valence-electron chi connectivity index (χ0n) is 16.1. The number of nitrogens with zero attached hydrogens (tertiary/aromatic N) is 1. The third kappa shape index (κ3) is 3.16. The maximum absolute atomic E-state index is 6.12. The second kappa shape index (κ2) is 7.49. The molecule has 0 unspecified atom stereocenters. The van der Waals surface area contributed by atoms with E-state index in [9.17, 15) is 0 Å². The van der Waals surface area contributed by atoms with E-state index >= 15 is 0 Å². The van der Waals surface area contributed by atoms with Crippen molar-refractivity contribution in [3.63, 3.8) is 0 Å². The fourth-order valence-corrected chi connectivity index (χ4v) is 3.55. The molecule has 0 fully saturated rings. The highest BCUT2D eigenvalue weighted by atomic mass is 32.1. The lowest BCUT2D eigenvalue weighted by molar-refractivity contribution is 0.416. The van der Waals surface area contributed by atoms with E-state index < -0.39 is 0 Å². The van der Waals surface area contributed by atoms with E-state index in [0.717, 1.165) is 38.4 Å². The van der Waals surface area contributed by atoms with Gasteiger partial charge in [-0.1, -0.05) is 60.7 Å². The van der Waals surface area contributed by atoms with Crippen LogP contribution in [0.1, 0.15) is 0 Å². The Morgan fingerprint density at radius 2 is 1.21 bits per heavy atom. The molecule has 0 bridgehead atoms. The van der Waals surface area contributed by atoms with Gasteiger partial charge < -0.3 is 14.4 Å². The molecule has 4 aromatic rings. The number of methoxy groups -OCH3 is 1. The van der Waals surface area contributed by atoms with Gasteiger partial charge in [0.1, 0.15) is 11.5 Å². The molecule has 0 atom stereocenters. The van der Waals surface area contributed by atoms with Crippen molar-refractivity contribution < 1.29 is 9.47 Å². The zero-order valence-corrected chi connectivity index (χ0v) is 16.9. The Morgan fingerprint density at radius 3 is 1.75 bits per heavy atom. The molecule has 0 amide bonds. The van der Waals surface area contributed by atoms with Gasteiger partial charge >= 0.3 is 0 Å². The Hall–Kier alpha value is -3.11. The van der Waals surface area contributed by atoms with E-state index in [1.165, 1.54) is 0 Å². The Kier molecular flexibility index (Phi) is 4.88. The lowest BCUT2D eigenvalue weighted by Crippen LogP contribution is -2.25. The second-order valence-electron chi connectivity index (χ2n) is 6.79. The first kappa shape index (κ1) is 18.3. The van der Waals surface area contributed by atoms with Gasteiger partial charge in [0, 0.05) is 25.2 Å². The molecule has 0 radical (unpaired) electrons. The van der Waals surface area contributed by atoms with E-state index in [4.69, 9.17) is 21.7 Å². The number of benzene rings is 4. The third-order valence-electron chi connectivity index (χ3n) is 4.81. The molecule has 4 aromatic carbocycles. The number of fused-ring (bicyclic) bond motifs is 2. The van der Waals surface area contributed by atoms with E-state index in [-0.39, 0.29) is 0 Å². The van der Waals surface area contributed by atoms with Gasteiger partial charge in [0.25, 0.3) is 5.17 Å². The van der Waals surface area contributed by atoms with Crippen molar-refractivity contribution in [3.8, 4) is 22.6 Å². The summed E-state index contributed by atoms with van der Waals surface area (Å²) in [5.74, 6) is 1.52. The minimum Gasteiger partial charge on any atom is -0.496 e. The molecule has 0 aromatic heterocycles. The average molecular weight is 388 g/mol. The number of ether oxygens (including phenoxy) is 2. The van der Waals surface area contributed by atoms with Crippen LogP contribution in [0.3, 0.4) is 0 Å². The van der Waals surface area contributed by atoms with Crippen LogP contribution in [0.25, 0.3) is 32.7 Å². The smallest absolute Gasteiger partial charge is 0.264 e. The summed E-state index contributed by atoms with van der Waals surface area (Å²) in [6.45, 7) is 0. The maximum atomic E-state index is 6.12. The van der Waals surface area contributed by atoms with Crippen LogP contribution in [0.5, 0.6) is 11.5 Å². The quantitative estimate of drug-likeness (QED) is 0.408. The maximum Gasteiger partial charge on any atom is 0.264 e. The van der Waals surface area contributed by atoms with Crippen LogP contribution in [-0.4, -0.2) is 31.3 Å². The first-order valence-corrected chi connectivity index (χ1v) is 9.48. The van der Waals surface area contributed by atoms with Crippen molar-refractivity contribution in [3.05, 3.63) is 72.8 Å². The summed E-state index contributed by atoms with van der Waals surface area (Å²) in [4.78, 5) is 1.79. The minimum atomic E-state index is 0.413. The first-order chi connectivity index (χ1) is 13.6. The summed E-state index contributed by atoms with van der Waals surface area (Å²) >= 11 is 5.42. The molecule has 3 nitrogen and oxygen atoms in total. The molecule has 4 rings (SSSR count). The van der Waals surface area contributed by atoms with Crippen LogP contribution < -0.4 is 9.47 Å². The van der Waals surface area contributed by atoms with E-state index in [0.29, 0.717) is 10.9 Å². The topological polar surface area (TPSA) is 21.7 Å². The molecule has 0 aliphatic rings. The van der Waals surface area contributed by atoms with Gasteiger partial charge in [-0.3, -0.25) is 0 Å². The van der Waals surface area contributed by atoms with Gasteiger partial charge in [-0.15, -0.1) is 0 Å². The van der Waals surface area contributed by atoms with Crippen LogP contribution in [-0.2, 0) is 0 Å². The van der Waals surface area contributed by atoms with Gasteiger partial charge in [0.05, 0.1) is 7.11 Å². The highest BCUT2D eigenvalue weighted by Crippen LogP contribution is 2.45. The van der Waals surface area contributed by atoms with Gasteiger partial charge in [0.15, 0.2) is 0 Å². The molecular weight excluding hydrogens is 366 g/mol. The monoisotopic (exact) mass is 387 g/mol. The molecule has 0 spiro atoms. The van der Waals surface area contributed by atoms with Crippen LogP contribution in [0.4, 0.5) is 0 Å². The van der Waals surface area contributed by atoms with E-state index in [2.05, 4.69) is 36.4 Å². The standard InChI is InChI=1S/C24H21NO2S/c1-25(2)24(28)27-21-15-13-17-9-5-7-11-19(17)23(21)22-18-10-6-4-8-16(18)12-14-20(22)26-3/h4-15H,1-3H3. The molecule has 28 heavy (non-hydrogen) atoms. The van der Waals surface area contributed by atoms with Crippen LogP contribution in [0, 0.1) is 0 Å². The molecule has 4 heteroatoms. The average Bonchev–Trinajstić information content (AvgIpc) is 2.73. The van der Waals surface area contributed by atoms with Gasteiger partial charge in [-0.05, 0) is 45.9 Å². The highest BCUT2D eigenvalue weighted by Gasteiger charge is 2.19. The summed E-state index contributed by atoms with van der Waals surface area (Å²) in [5, 5.41) is 4.90. The minimum absolute atomic E-state index is 0.413. The van der Waals surface area contributed by atoms with Crippen molar-refractivity contribution in [2.75, 3.05) is 21.2 Å². The number of thiocarbonyl (C=S) groups is 1. The molecule has 0 N–H and O–H groups in total. The molecule has 0 saturated heterocycles. The second-order valence-corrected chi connectivity index (χ2v) is 7.14. The number of rotatable bonds is 3. The van der Waals surface area contributed by atoms with Crippen LogP contribution >= 0.6 is 12.2 Å². The van der Waals surface area contributed by atoms with Crippen molar-refractivity contribution in [1.82, 2.24) is 4.90 Å². The fraction of sp³-hybridized carbons (Fsp3) is 0.125. The predicted octanol–water partition coefficient (Wildman–Crippen LogP) is 5.89. The van der Waals surface area contributed by atoms with E-state index in [1.807, 2.05) is 50.5 Å². The lowest BCUT2D eigenvalue weighted by atomic mass is 9.92. The Bertz CT molecular complexity index is 1180. The van der Waals surface area contributed by atoms with Crippen molar-refractivity contribution >= 4 is 38.9 Å². The molecule has 0 saturated carbocycles. The SMILES string of the molecule is COc1ccc2ccccc2c1-c1c(OC(=S)N(C)C)ccc2ccccc12. The fourth-order valence-electron chi connectivity index (χ4n) is 3.46. The Morgan fingerprint density at radius 1 is 0.714 bits per heavy atom. The van der Waals surface area contributed by atoms with Gasteiger partial charge in [-0.25, -0.2) is 0 Å². The third-order valence-corrected chi connectivity index (χ3v) is 5.26. The predicted molar refractivity (Wildman–Crippen MR) is 120 cm³/mol. The highest BCUT2D eigenvalue weighted by molar-refractivity contribution is 7.80. The van der Waals surface area contributed by atoms with Crippen LogP contribution in [0.15, 0.2) is 72.8 Å². The summed E-state index contributed by atoms with van der Waals surface area (Å²) in [6.07, 6.45) is 0. The normalized spacial score (nSPS) is 10.8. The summed E-state index contributed by atoms with van der Waals surface area (Å²) in [6, 6.07) is 24.7. The van der Waals surface area contributed by atoms with Gasteiger partial charge in [0.2, 0.25) is 0 Å². The number of hydrogen-bond donors (Lipinski definition) is 0. The summed E-state index contributed by atoms with van der Waals surface area (Å²) in [5.41, 5.74) is 1.99.